The summed E-state index contributed by atoms with van der Waals surface area (Å²) < 4.78 is 53.3. The van der Waals surface area contributed by atoms with Crippen LogP contribution in [0.25, 0.3) is 0 Å². The van der Waals surface area contributed by atoms with Crippen LogP contribution in [0.5, 0.6) is 11.5 Å². The maximum absolute atomic E-state index is 14.3. The van der Waals surface area contributed by atoms with Crippen molar-refractivity contribution in [2.45, 2.75) is 11.4 Å². The van der Waals surface area contributed by atoms with Crippen LogP contribution in [-0.4, -0.2) is 32.4 Å². The Labute approximate surface area is 156 Å². The first-order valence-electron chi connectivity index (χ1n) is 7.93. The van der Waals surface area contributed by atoms with Gasteiger partial charge >= 0.3 is 0 Å². The topological polar surface area (TPSA) is 82.5 Å². The average Bonchev–Trinajstić information content (AvgIpc) is 3.08. The number of anilines is 1. The third kappa shape index (κ3) is 4.20. The molecule has 0 fully saturated rings. The number of benzene rings is 2. The maximum Gasteiger partial charge on any atom is 0.265 e. The molecule has 142 valence electrons. The predicted octanol–water partition coefficient (Wildman–Crippen LogP) is 2.89. The van der Waals surface area contributed by atoms with Crippen molar-refractivity contribution in [2.75, 3.05) is 18.9 Å². The SMILES string of the molecule is COc1cc(F)c(S(=O)(=O)Nc2cnn(Cc3ccccc3)c2)cc1OC. The monoisotopic (exact) mass is 391 g/mol. The predicted molar refractivity (Wildman–Crippen MR) is 98.1 cm³/mol. The first kappa shape index (κ1) is 18.7. The number of sulfonamides is 1. The molecule has 0 aliphatic rings. The quantitative estimate of drug-likeness (QED) is 0.670. The summed E-state index contributed by atoms with van der Waals surface area (Å²) in [5, 5.41) is 4.12. The van der Waals surface area contributed by atoms with Crippen LogP contribution in [0.1, 0.15) is 5.56 Å². The zero-order valence-electron chi connectivity index (χ0n) is 14.7. The van der Waals surface area contributed by atoms with Crippen LogP contribution in [0.4, 0.5) is 10.1 Å². The fraction of sp³-hybridized carbons (Fsp3) is 0.167. The molecule has 0 bridgehead atoms. The molecular formula is C18H18FN3O4S. The van der Waals surface area contributed by atoms with E-state index in [0.717, 1.165) is 17.7 Å². The molecule has 0 saturated carbocycles. The highest BCUT2D eigenvalue weighted by Crippen LogP contribution is 2.32. The molecule has 2 aromatic carbocycles. The second-order valence-corrected chi connectivity index (χ2v) is 7.31. The Bertz CT molecular complexity index is 1040. The molecule has 7 nitrogen and oxygen atoms in total. The molecule has 1 aromatic heterocycles. The van der Waals surface area contributed by atoms with Crippen LogP contribution in [0.15, 0.2) is 59.8 Å². The van der Waals surface area contributed by atoms with Gasteiger partial charge in [0.2, 0.25) is 0 Å². The second-order valence-electron chi connectivity index (χ2n) is 5.66. The average molecular weight is 391 g/mol. The van der Waals surface area contributed by atoms with Crippen molar-refractivity contribution in [1.82, 2.24) is 9.78 Å². The van der Waals surface area contributed by atoms with Gasteiger partial charge in [0.25, 0.3) is 10.0 Å². The Balaban J connectivity index is 1.83. The van der Waals surface area contributed by atoms with Gasteiger partial charge in [-0.05, 0) is 5.56 Å². The third-order valence-electron chi connectivity index (χ3n) is 3.80. The number of aromatic nitrogens is 2. The number of nitrogens with zero attached hydrogens (tertiary/aromatic N) is 2. The molecular weight excluding hydrogens is 373 g/mol. The molecule has 0 aliphatic carbocycles. The molecule has 3 rings (SSSR count). The van der Waals surface area contributed by atoms with Crippen LogP contribution in [0.2, 0.25) is 0 Å². The minimum absolute atomic E-state index is 0.102. The van der Waals surface area contributed by atoms with E-state index in [1.807, 2.05) is 30.3 Å². The lowest BCUT2D eigenvalue weighted by Crippen LogP contribution is -2.14. The van der Waals surface area contributed by atoms with E-state index in [-0.39, 0.29) is 17.2 Å². The summed E-state index contributed by atoms with van der Waals surface area (Å²) >= 11 is 0. The smallest absolute Gasteiger partial charge is 0.265 e. The van der Waals surface area contributed by atoms with Gasteiger partial charge in [0.15, 0.2) is 11.5 Å². The van der Waals surface area contributed by atoms with Crippen LogP contribution >= 0.6 is 0 Å². The second kappa shape index (κ2) is 7.67. The van der Waals surface area contributed by atoms with Gasteiger partial charge < -0.3 is 9.47 Å². The fourth-order valence-electron chi connectivity index (χ4n) is 2.52. The zero-order valence-corrected chi connectivity index (χ0v) is 15.5. The van der Waals surface area contributed by atoms with E-state index >= 15 is 0 Å². The summed E-state index contributed by atoms with van der Waals surface area (Å²) in [5.41, 5.74) is 1.24. The van der Waals surface area contributed by atoms with E-state index in [0.29, 0.717) is 6.54 Å². The number of methoxy groups -OCH3 is 2. The van der Waals surface area contributed by atoms with Crippen LogP contribution in [0.3, 0.4) is 0 Å². The number of rotatable bonds is 7. The summed E-state index contributed by atoms with van der Waals surface area (Å²) in [7, 11) is -1.50. The van der Waals surface area contributed by atoms with Gasteiger partial charge in [-0.1, -0.05) is 30.3 Å². The Hall–Kier alpha value is -3.07. The minimum Gasteiger partial charge on any atom is -0.493 e. The van der Waals surface area contributed by atoms with E-state index in [9.17, 15) is 12.8 Å². The normalized spacial score (nSPS) is 11.2. The number of halogens is 1. The molecule has 0 saturated heterocycles. The lowest BCUT2D eigenvalue weighted by molar-refractivity contribution is 0.350. The molecule has 0 unspecified atom stereocenters. The molecule has 1 heterocycles. The van der Waals surface area contributed by atoms with Crippen molar-refractivity contribution in [3.63, 3.8) is 0 Å². The molecule has 9 heteroatoms. The molecule has 0 atom stereocenters. The fourth-order valence-corrected chi connectivity index (χ4v) is 3.63. The van der Waals surface area contributed by atoms with E-state index in [1.165, 1.54) is 26.6 Å². The Kier molecular flexibility index (Phi) is 5.31. The highest BCUT2D eigenvalue weighted by Gasteiger charge is 2.23. The standard InChI is InChI=1S/C18H18FN3O4S/c1-25-16-8-15(19)18(9-17(16)26-2)27(23,24)21-14-10-20-22(12-14)11-13-6-4-3-5-7-13/h3-10,12,21H,11H2,1-2H3. The van der Waals surface area contributed by atoms with Gasteiger partial charge in [0.1, 0.15) is 10.7 Å². The van der Waals surface area contributed by atoms with Gasteiger partial charge in [0, 0.05) is 18.3 Å². The van der Waals surface area contributed by atoms with Gasteiger partial charge in [0.05, 0.1) is 32.6 Å². The highest BCUT2D eigenvalue weighted by atomic mass is 32.2. The summed E-state index contributed by atoms with van der Waals surface area (Å²) in [6.45, 7) is 0.479. The van der Waals surface area contributed by atoms with Crippen molar-refractivity contribution in [1.29, 1.82) is 0 Å². The zero-order chi connectivity index (χ0) is 19.4. The highest BCUT2D eigenvalue weighted by molar-refractivity contribution is 7.92. The largest absolute Gasteiger partial charge is 0.493 e. The lowest BCUT2D eigenvalue weighted by atomic mass is 10.2. The number of ether oxygens (including phenoxy) is 2. The maximum atomic E-state index is 14.3. The van der Waals surface area contributed by atoms with Gasteiger partial charge in [-0.3, -0.25) is 9.40 Å². The third-order valence-corrected chi connectivity index (χ3v) is 5.20. The molecule has 1 N–H and O–H groups in total. The summed E-state index contributed by atoms with van der Waals surface area (Å²) in [6, 6.07) is 11.6. The number of hydrogen-bond acceptors (Lipinski definition) is 5. The number of hydrogen-bond donors (Lipinski definition) is 1. The molecule has 0 spiro atoms. The molecule has 0 aliphatic heterocycles. The van der Waals surface area contributed by atoms with Gasteiger partial charge in [-0.2, -0.15) is 5.10 Å². The van der Waals surface area contributed by atoms with E-state index in [1.54, 1.807) is 4.68 Å². The van der Waals surface area contributed by atoms with E-state index in [4.69, 9.17) is 9.47 Å². The first-order chi connectivity index (χ1) is 12.9. The molecule has 3 aromatic rings. The van der Waals surface area contributed by atoms with Crippen molar-refractivity contribution in [2.24, 2.45) is 0 Å². The summed E-state index contributed by atoms with van der Waals surface area (Å²) in [4.78, 5) is -0.545. The van der Waals surface area contributed by atoms with E-state index in [2.05, 4.69) is 9.82 Å². The molecule has 0 radical (unpaired) electrons. The van der Waals surface area contributed by atoms with Gasteiger partial charge in [-0.15, -0.1) is 0 Å². The van der Waals surface area contributed by atoms with Gasteiger partial charge in [-0.25, -0.2) is 12.8 Å². The Morgan fingerprint density at radius 1 is 1.11 bits per heavy atom. The lowest BCUT2D eigenvalue weighted by Gasteiger charge is -2.12. The van der Waals surface area contributed by atoms with Crippen molar-refractivity contribution in [3.05, 3.63) is 66.2 Å². The van der Waals surface area contributed by atoms with Crippen molar-refractivity contribution in [3.8, 4) is 11.5 Å². The van der Waals surface area contributed by atoms with Crippen molar-refractivity contribution >= 4 is 15.7 Å². The number of nitrogens with one attached hydrogen (secondary N) is 1. The molecule has 0 amide bonds. The summed E-state index contributed by atoms with van der Waals surface area (Å²) in [6.07, 6.45) is 2.89. The summed E-state index contributed by atoms with van der Waals surface area (Å²) in [5.74, 6) is -0.736. The first-order valence-corrected chi connectivity index (χ1v) is 9.42. The minimum atomic E-state index is -4.17. The van der Waals surface area contributed by atoms with E-state index < -0.39 is 20.7 Å². The van der Waals surface area contributed by atoms with Crippen LogP contribution in [-0.2, 0) is 16.6 Å². The van der Waals surface area contributed by atoms with Crippen LogP contribution < -0.4 is 14.2 Å². The van der Waals surface area contributed by atoms with Crippen LogP contribution in [0, 0.1) is 5.82 Å². The van der Waals surface area contributed by atoms with Crippen molar-refractivity contribution < 1.29 is 22.3 Å². The Morgan fingerprint density at radius 2 is 1.78 bits per heavy atom. The molecule has 27 heavy (non-hydrogen) atoms. The Morgan fingerprint density at radius 3 is 2.44 bits per heavy atom.